The molecule has 2 aromatic rings. The second-order valence-electron chi connectivity index (χ2n) is 6.06. The number of anilines is 2. The largest absolute Gasteiger partial charge is 0.388 e. The van der Waals surface area contributed by atoms with E-state index in [4.69, 9.17) is 11.6 Å². The monoisotopic (exact) mass is 344 g/mol. The smallest absolute Gasteiger partial charge is 0.227 e. The van der Waals surface area contributed by atoms with Crippen LogP contribution < -0.4 is 10.2 Å². The second-order valence-corrected chi connectivity index (χ2v) is 6.50. The number of carbonyl (C=O) groups is 1. The number of rotatable bonds is 5. The SMILES string of the molecule is O=C(CC(O)c1ccc(Cl)cc1)Nc1cccc(N2CCCC2)c1. The molecule has 24 heavy (non-hydrogen) atoms. The third kappa shape index (κ3) is 4.28. The zero-order chi connectivity index (χ0) is 16.9. The molecule has 1 atom stereocenters. The molecule has 2 N–H and O–H groups in total. The summed E-state index contributed by atoms with van der Waals surface area (Å²) in [6, 6.07) is 14.7. The minimum atomic E-state index is -0.843. The van der Waals surface area contributed by atoms with Gasteiger partial charge in [0.2, 0.25) is 5.91 Å². The first-order valence-electron chi connectivity index (χ1n) is 8.20. The van der Waals surface area contributed by atoms with Crippen LogP contribution in [-0.2, 0) is 4.79 Å². The third-order valence-corrected chi connectivity index (χ3v) is 4.49. The minimum Gasteiger partial charge on any atom is -0.388 e. The van der Waals surface area contributed by atoms with Crippen molar-refractivity contribution in [1.82, 2.24) is 0 Å². The Balaban J connectivity index is 1.60. The van der Waals surface area contributed by atoms with Crippen molar-refractivity contribution in [3.63, 3.8) is 0 Å². The van der Waals surface area contributed by atoms with Gasteiger partial charge >= 0.3 is 0 Å². The van der Waals surface area contributed by atoms with Crippen LogP contribution in [0.2, 0.25) is 5.02 Å². The molecule has 0 radical (unpaired) electrons. The molecule has 1 heterocycles. The lowest BCUT2D eigenvalue weighted by atomic mass is 10.1. The van der Waals surface area contributed by atoms with Crippen LogP contribution in [-0.4, -0.2) is 24.1 Å². The van der Waals surface area contributed by atoms with Gasteiger partial charge in [0.25, 0.3) is 0 Å². The van der Waals surface area contributed by atoms with E-state index in [1.165, 1.54) is 12.8 Å². The molecule has 1 saturated heterocycles. The lowest BCUT2D eigenvalue weighted by Gasteiger charge is -2.18. The van der Waals surface area contributed by atoms with Gasteiger partial charge in [0, 0.05) is 29.5 Å². The molecule has 1 unspecified atom stereocenters. The molecule has 4 nitrogen and oxygen atoms in total. The van der Waals surface area contributed by atoms with Crippen molar-refractivity contribution in [3.8, 4) is 0 Å². The predicted octanol–water partition coefficient (Wildman–Crippen LogP) is 4.00. The van der Waals surface area contributed by atoms with E-state index in [0.717, 1.165) is 24.5 Å². The number of benzene rings is 2. The quantitative estimate of drug-likeness (QED) is 0.861. The Morgan fingerprint density at radius 3 is 2.58 bits per heavy atom. The van der Waals surface area contributed by atoms with Crippen LogP contribution >= 0.6 is 11.6 Å². The van der Waals surface area contributed by atoms with E-state index in [1.54, 1.807) is 24.3 Å². The van der Waals surface area contributed by atoms with E-state index in [2.05, 4.69) is 16.3 Å². The van der Waals surface area contributed by atoms with Crippen molar-refractivity contribution < 1.29 is 9.90 Å². The molecule has 0 spiro atoms. The molecular formula is C19H21ClN2O2. The lowest BCUT2D eigenvalue weighted by molar-refractivity contribution is -0.118. The van der Waals surface area contributed by atoms with Gasteiger partial charge in [-0.2, -0.15) is 0 Å². The number of amides is 1. The molecule has 1 amide bonds. The van der Waals surface area contributed by atoms with Gasteiger partial charge in [-0.3, -0.25) is 4.79 Å². The number of halogens is 1. The van der Waals surface area contributed by atoms with Gasteiger partial charge in [0.15, 0.2) is 0 Å². The highest BCUT2D eigenvalue weighted by Gasteiger charge is 2.15. The van der Waals surface area contributed by atoms with Gasteiger partial charge < -0.3 is 15.3 Å². The average molecular weight is 345 g/mol. The van der Waals surface area contributed by atoms with Gasteiger partial charge in [-0.25, -0.2) is 0 Å². The molecule has 0 aromatic heterocycles. The molecule has 126 valence electrons. The van der Waals surface area contributed by atoms with Gasteiger partial charge in [-0.05, 0) is 48.7 Å². The van der Waals surface area contributed by atoms with E-state index in [-0.39, 0.29) is 12.3 Å². The third-order valence-electron chi connectivity index (χ3n) is 4.23. The molecule has 5 heteroatoms. The van der Waals surface area contributed by atoms with Crippen LogP contribution in [0.15, 0.2) is 48.5 Å². The Labute approximate surface area is 147 Å². The summed E-state index contributed by atoms with van der Waals surface area (Å²) in [6.45, 7) is 2.12. The first-order chi connectivity index (χ1) is 11.6. The lowest BCUT2D eigenvalue weighted by Crippen LogP contribution is -2.18. The van der Waals surface area contributed by atoms with E-state index < -0.39 is 6.10 Å². The maximum absolute atomic E-state index is 12.2. The summed E-state index contributed by atoms with van der Waals surface area (Å²) in [6.07, 6.45) is 1.59. The Hall–Kier alpha value is -2.04. The highest BCUT2D eigenvalue weighted by molar-refractivity contribution is 6.30. The van der Waals surface area contributed by atoms with Crippen molar-refractivity contribution >= 4 is 28.9 Å². The minimum absolute atomic E-state index is 0.00950. The molecule has 1 aliphatic rings. The van der Waals surface area contributed by atoms with Crippen LogP contribution in [0.4, 0.5) is 11.4 Å². The molecule has 0 saturated carbocycles. The Bertz CT molecular complexity index is 697. The van der Waals surface area contributed by atoms with Crippen molar-refractivity contribution in [2.75, 3.05) is 23.3 Å². The first-order valence-corrected chi connectivity index (χ1v) is 8.58. The molecular weight excluding hydrogens is 324 g/mol. The van der Waals surface area contributed by atoms with Crippen LogP contribution in [0.25, 0.3) is 0 Å². The van der Waals surface area contributed by atoms with Crippen LogP contribution in [0.1, 0.15) is 30.9 Å². The van der Waals surface area contributed by atoms with Crippen molar-refractivity contribution in [2.45, 2.75) is 25.4 Å². The van der Waals surface area contributed by atoms with Gasteiger partial charge in [-0.15, -0.1) is 0 Å². The molecule has 0 aliphatic carbocycles. The average Bonchev–Trinajstić information content (AvgIpc) is 3.10. The predicted molar refractivity (Wildman–Crippen MR) is 97.5 cm³/mol. The molecule has 2 aromatic carbocycles. The van der Waals surface area contributed by atoms with E-state index in [9.17, 15) is 9.90 Å². The van der Waals surface area contributed by atoms with E-state index >= 15 is 0 Å². The fraction of sp³-hybridized carbons (Fsp3) is 0.316. The topological polar surface area (TPSA) is 52.6 Å². The fourth-order valence-corrected chi connectivity index (χ4v) is 3.07. The Kier molecular flexibility index (Phi) is 5.38. The highest BCUT2D eigenvalue weighted by Crippen LogP contribution is 2.24. The maximum atomic E-state index is 12.2. The van der Waals surface area contributed by atoms with Crippen molar-refractivity contribution in [3.05, 3.63) is 59.1 Å². The van der Waals surface area contributed by atoms with Gasteiger partial charge in [-0.1, -0.05) is 29.8 Å². The number of aliphatic hydroxyl groups is 1. The Morgan fingerprint density at radius 2 is 1.88 bits per heavy atom. The highest BCUT2D eigenvalue weighted by atomic mass is 35.5. The number of hydrogen-bond donors (Lipinski definition) is 2. The van der Waals surface area contributed by atoms with Gasteiger partial charge in [0.05, 0.1) is 12.5 Å². The van der Waals surface area contributed by atoms with Gasteiger partial charge in [0.1, 0.15) is 0 Å². The molecule has 3 rings (SSSR count). The summed E-state index contributed by atoms with van der Waals surface area (Å²) in [5.41, 5.74) is 2.57. The number of aliphatic hydroxyl groups excluding tert-OH is 1. The summed E-state index contributed by atoms with van der Waals surface area (Å²) < 4.78 is 0. The summed E-state index contributed by atoms with van der Waals surface area (Å²) >= 11 is 5.83. The second kappa shape index (κ2) is 7.69. The molecule has 1 fully saturated rings. The van der Waals surface area contributed by atoms with Crippen molar-refractivity contribution in [2.24, 2.45) is 0 Å². The summed E-state index contributed by atoms with van der Waals surface area (Å²) in [7, 11) is 0. The van der Waals surface area contributed by atoms with E-state index in [0.29, 0.717) is 10.6 Å². The normalized spacial score (nSPS) is 15.3. The van der Waals surface area contributed by atoms with Crippen molar-refractivity contribution in [1.29, 1.82) is 0 Å². The van der Waals surface area contributed by atoms with E-state index in [1.807, 2.05) is 18.2 Å². The first kappa shape index (κ1) is 16.8. The fourth-order valence-electron chi connectivity index (χ4n) is 2.95. The zero-order valence-electron chi connectivity index (χ0n) is 13.4. The maximum Gasteiger partial charge on any atom is 0.227 e. The standard InChI is InChI=1S/C19H21ClN2O2/c20-15-8-6-14(7-9-15)18(23)13-19(24)21-16-4-3-5-17(12-16)22-10-1-2-11-22/h3-9,12,18,23H,1-2,10-11,13H2,(H,21,24). The molecule has 1 aliphatic heterocycles. The number of hydrogen-bond acceptors (Lipinski definition) is 3. The number of nitrogens with one attached hydrogen (secondary N) is 1. The summed E-state index contributed by atoms with van der Waals surface area (Å²) in [5, 5.41) is 13.6. The van der Waals surface area contributed by atoms with Crippen LogP contribution in [0.5, 0.6) is 0 Å². The van der Waals surface area contributed by atoms with Crippen LogP contribution in [0, 0.1) is 0 Å². The molecule has 0 bridgehead atoms. The number of nitrogens with zero attached hydrogens (tertiary/aromatic N) is 1. The zero-order valence-corrected chi connectivity index (χ0v) is 14.2. The summed E-state index contributed by atoms with van der Waals surface area (Å²) in [4.78, 5) is 14.5. The Morgan fingerprint density at radius 1 is 1.17 bits per heavy atom. The summed E-state index contributed by atoms with van der Waals surface area (Å²) in [5.74, 6) is -0.212. The van der Waals surface area contributed by atoms with Crippen LogP contribution in [0.3, 0.4) is 0 Å². The number of carbonyl (C=O) groups excluding carboxylic acids is 1.